The Kier molecular flexibility index (Phi) is 9.25. The minimum atomic E-state index is -1.08. The van der Waals surface area contributed by atoms with E-state index in [0.717, 1.165) is 6.54 Å². The summed E-state index contributed by atoms with van der Waals surface area (Å²) in [5.74, 6) is 0. The maximum atomic E-state index is 3.98. The Morgan fingerprint density at radius 2 is 1.08 bits per heavy atom. The van der Waals surface area contributed by atoms with Crippen molar-refractivity contribution in [1.82, 2.24) is 4.90 Å². The van der Waals surface area contributed by atoms with Crippen molar-refractivity contribution in [3.63, 3.8) is 0 Å². The summed E-state index contributed by atoms with van der Waals surface area (Å²) in [5.41, 5.74) is 3.72. The Hall–Kier alpha value is -0.126. The molecule has 140 valence electrons. The van der Waals surface area contributed by atoms with Crippen molar-refractivity contribution in [1.29, 1.82) is 0 Å². The molecule has 0 radical (unpaired) electrons. The van der Waals surface area contributed by atoms with Gasteiger partial charge in [0, 0.05) is 19.6 Å². The highest BCUT2D eigenvalue weighted by Gasteiger charge is 2.35. The maximum Gasteiger partial charge on any atom is 0.0568 e. The molecule has 0 atom stereocenters. The summed E-state index contributed by atoms with van der Waals surface area (Å²) >= 11 is 0. The standard InChI is InChI=1S/C21H43NSi2/c1-8-15-22-16-20(18-23(9-2,10-3)11-4)21(17-22)19-24(12-5,13-6)14-7/h8H,1,9-19H2,2-7H3. The van der Waals surface area contributed by atoms with Gasteiger partial charge >= 0.3 is 0 Å². The minimum absolute atomic E-state index is 1.06. The van der Waals surface area contributed by atoms with Crippen molar-refractivity contribution in [2.45, 2.75) is 89.9 Å². The van der Waals surface area contributed by atoms with Crippen molar-refractivity contribution in [2.24, 2.45) is 0 Å². The molecule has 0 N–H and O–H groups in total. The molecule has 1 heterocycles. The first kappa shape index (κ1) is 21.9. The van der Waals surface area contributed by atoms with Gasteiger partial charge in [-0.1, -0.05) is 95.0 Å². The molecule has 0 unspecified atom stereocenters. The lowest BCUT2D eigenvalue weighted by Gasteiger charge is -2.32. The Morgan fingerprint density at radius 1 is 0.750 bits per heavy atom. The Morgan fingerprint density at radius 3 is 1.33 bits per heavy atom. The predicted octanol–water partition coefficient (Wildman–Crippen LogP) is 6.80. The Bertz CT molecular complexity index is 369. The van der Waals surface area contributed by atoms with Gasteiger partial charge in [-0.2, -0.15) is 0 Å². The third-order valence-electron chi connectivity index (χ3n) is 7.39. The smallest absolute Gasteiger partial charge is 0.0568 e. The second-order valence-corrected chi connectivity index (χ2v) is 19.1. The maximum absolute atomic E-state index is 3.98. The molecule has 1 nitrogen and oxygen atoms in total. The Balaban J connectivity index is 3.07. The third kappa shape index (κ3) is 5.18. The van der Waals surface area contributed by atoms with Gasteiger partial charge in [0.2, 0.25) is 0 Å². The largest absolute Gasteiger partial charge is 0.292 e. The lowest BCUT2D eigenvalue weighted by atomic mass is 10.2. The van der Waals surface area contributed by atoms with E-state index in [0.29, 0.717) is 0 Å². The number of hydrogen-bond donors (Lipinski definition) is 0. The fraction of sp³-hybridized carbons (Fsp3) is 0.810. The van der Waals surface area contributed by atoms with E-state index in [2.05, 4.69) is 59.1 Å². The summed E-state index contributed by atoms with van der Waals surface area (Å²) in [6.45, 7) is 22.3. The first-order valence-corrected chi connectivity index (χ1v) is 16.2. The number of rotatable bonds is 12. The highest BCUT2D eigenvalue weighted by atomic mass is 28.3. The van der Waals surface area contributed by atoms with Crippen LogP contribution in [-0.2, 0) is 0 Å². The molecule has 0 saturated heterocycles. The topological polar surface area (TPSA) is 3.24 Å². The summed E-state index contributed by atoms with van der Waals surface area (Å²) in [6.07, 6.45) is 2.09. The van der Waals surface area contributed by atoms with Gasteiger partial charge in [0.1, 0.15) is 0 Å². The molecule has 0 aromatic heterocycles. The van der Waals surface area contributed by atoms with Crippen LogP contribution in [0.3, 0.4) is 0 Å². The zero-order valence-electron chi connectivity index (χ0n) is 17.5. The molecular weight excluding hydrogens is 322 g/mol. The van der Waals surface area contributed by atoms with Gasteiger partial charge in [0.25, 0.3) is 0 Å². The highest BCUT2D eigenvalue weighted by Crippen LogP contribution is 2.38. The molecule has 1 aliphatic rings. The molecule has 0 amide bonds. The molecule has 0 aliphatic carbocycles. The van der Waals surface area contributed by atoms with Gasteiger partial charge in [0.05, 0.1) is 16.1 Å². The van der Waals surface area contributed by atoms with E-state index in [-0.39, 0.29) is 0 Å². The predicted molar refractivity (Wildman–Crippen MR) is 118 cm³/mol. The molecule has 1 rings (SSSR count). The molecule has 0 saturated carbocycles. The van der Waals surface area contributed by atoms with Gasteiger partial charge in [-0.3, -0.25) is 4.90 Å². The van der Waals surface area contributed by atoms with Crippen LogP contribution in [-0.4, -0.2) is 40.7 Å². The second-order valence-electron chi connectivity index (χ2n) is 8.14. The zero-order valence-corrected chi connectivity index (χ0v) is 19.5. The lowest BCUT2D eigenvalue weighted by molar-refractivity contribution is 0.383. The Labute approximate surface area is 154 Å². The average Bonchev–Trinajstić information content (AvgIpc) is 2.98. The third-order valence-corrected chi connectivity index (χ3v) is 18.7. The van der Waals surface area contributed by atoms with Gasteiger partial charge in [-0.05, 0) is 12.1 Å². The average molecular weight is 366 g/mol. The monoisotopic (exact) mass is 365 g/mol. The summed E-state index contributed by atoms with van der Waals surface area (Å²) in [7, 11) is -2.16. The molecule has 0 aromatic rings. The van der Waals surface area contributed by atoms with Crippen LogP contribution >= 0.6 is 0 Å². The molecule has 0 fully saturated rings. The summed E-state index contributed by atoms with van der Waals surface area (Å²) in [6, 6.07) is 11.7. The van der Waals surface area contributed by atoms with Crippen LogP contribution in [0.5, 0.6) is 0 Å². The zero-order chi connectivity index (χ0) is 18.2. The molecule has 3 heteroatoms. The molecule has 0 bridgehead atoms. The van der Waals surface area contributed by atoms with E-state index in [9.17, 15) is 0 Å². The van der Waals surface area contributed by atoms with Crippen LogP contribution in [0, 0.1) is 0 Å². The van der Waals surface area contributed by atoms with Crippen molar-refractivity contribution >= 4 is 16.1 Å². The van der Waals surface area contributed by atoms with E-state index < -0.39 is 16.1 Å². The number of hydrogen-bond acceptors (Lipinski definition) is 1. The van der Waals surface area contributed by atoms with Crippen molar-refractivity contribution in [2.75, 3.05) is 19.6 Å². The van der Waals surface area contributed by atoms with Crippen molar-refractivity contribution < 1.29 is 0 Å². The fourth-order valence-corrected chi connectivity index (χ4v) is 11.7. The van der Waals surface area contributed by atoms with Crippen LogP contribution in [0.1, 0.15) is 41.5 Å². The summed E-state index contributed by atoms with van der Waals surface area (Å²) in [5, 5.41) is 0. The highest BCUT2D eigenvalue weighted by molar-refractivity contribution is 6.81. The molecule has 0 spiro atoms. The molecule has 0 aromatic carbocycles. The summed E-state index contributed by atoms with van der Waals surface area (Å²) < 4.78 is 0. The van der Waals surface area contributed by atoms with E-state index in [1.54, 1.807) is 0 Å². The lowest BCUT2D eigenvalue weighted by Crippen LogP contribution is -2.33. The van der Waals surface area contributed by atoms with Crippen LogP contribution in [0.15, 0.2) is 23.8 Å². The van der Waals surface area contributed by atoms with Gasteiger partial charge in [0.15, 0.2) is 0 Å². The van der Waals surface area contributed by atoms with E-state index in [4.69, 9.17) is 0 Å². The van der Waals surface area contributed by atoms with Crippen molar-refractivity contribution in [3.05, 3.63) is 23.8 Å². The fourth-order valence-electron chi connectivity index (χ4n) is 4.65. The van der Waals surface area contributed by atoms with Crippen LogP contribution < -0.4 is 0 Å². The molecule has 24 heavy (non-hydrogen) atoms. The SMILES string of the molecule is C=CCN1CC(C[Si](CC)(CC)CC)=C(C[Si](CC)(CC)CC)C1. The van der Waals surface area contributed by atoms with Crippen LogP contribution in [0.4, 0.5) is 0 Å². The van der Waals surface area contributed by atoms with Gasteiger partial charge < -0.3 is 0 Å². The van der Waals surface area contributed by atoms with E-state index >= 15 is 0 Å². The summed E-state index contributed by atoms with van der Waals surface area (Å²) in [4.78, 5) is 2.64. The van der Waals surface area contributed by atoms with E-state index in [1.165, 1.54) is 61.4 Å². The van der Waals surface area contributed by atoms with Crippen LogP contribution in [0.25, 0.3) is 0 Å². The first-order valence-electron chi connectivity index (χ1n) is 10.5. The quantitative estimate of drug-likeness (QED) is 0.271. The first-order chi connectivity index (χ1) is 11.5. The van der Waals surface area contributed by atoms with E-state index in [1.807, 2.05) is 11.1 Å². The molecule has 1 aliphatic heterocycles. The van der Waals surface area contributed by atoms with Crippen molar-refractivity contribution in [3.8, 4) is 0 Å². The van der Waals surface area contributed by atoms with Gasteiger partial charge in [-0.25, -0.2) is 0 Å². The molecular formula is C21H43NSi2. The number of nitrogens with zero attached hydrogens (tertiary/aromatic N) is 1. The van der Waals surface area contributed by atoms with Crippen LogP contribution in [0.2, 0.25) is 48.4 Å². The van der Waals surface area contributed by atoms with Gasteiger partial charge in [-0.15, -0.1) is 6.58 Å². The minimum Gasteiger partial charge on any atom is -0.292 e. The normalized spacial score (nSPS) is 16.9. The second kappa shape index (κ2) is 10.1.